The van der Waals surface area contributed by atoms with Crippen LogP contribution in [0.2, 0.25) is 0 Å². The molecule has 27 heavy (non-hydrogen) atoms. The van der Waals surface area contributed by atoms with Crippen molar-refractivity contribution < 1.29 is 14.3 Å². The third-order valence-corrected chi connectivity index (χ3v) is 5.07. The third kappa shape index (κ3) is 4.32. The predicted molar refractivity (Wildman–Crippen MR) is 104 cm³/mol. The molecular formula is C21H27N3O3. The number of rotatable bonds is 5. The van der Waals surface area contributed by atoms with Crippen LogP contribution in [0.15, 0.2) is 36.7 Å². The van der Waals surface area contributed by atoms with Gasteiger partial charge in [0, 0.05) is 45.6 Å². The topological polar surface area (TPSA) is 54.8 Å². The van der Waals surface area contributed by atoms with E-state index in [1.165, 1.54) is 0 Å². The molecule has 0 aliphatic carbocycles. The zero-order chi connectivity index (χ0) is 19.4. The molecule has 1 aliphatic rings. The number of methoxy groups -OCH3 is 1. The van der Waals surface area contributed by atoms with E-state index in [9.17, 15) is 9.59 Å². The van der Waals surface area contributed by atoms with E-state index in [1.807, 2.05) is 58.1 Å². The summed E-state index contributed by atoms with van der Waals surface area (Å²) in [7, 11) is 3.53. The largest absolute Gasteiger partial charge is 0.496 e. The van der Waals surface area contributed by atoms with Crippen molar-refractivity contribution in [1.82, 2.24) is 14.4 Å². The van der Waals surface area contributed by atoms with Gasteiger partial charge in [0.05, 0.1) is 19.1 Å². The molecule has 0 spiro atoms. The molecule has 0 atom stereocenters. The van der Waals surface area contributed by atoms with Gasteiger partial charge in [-0.3, -0.25) is 9.59 Å². The number of carbonyl (C=O) groups is 2. The minimum Gasteiger partial charge on any atom is -0.496 e. The van der Waals surface area contributed by atoms with Crippen LogP contribution >= 0.6 is 0 Å². The van der Waals surface area contributed by atoms with Crippen molar-refractivity contribution in [3.05, 3.63) is 53.3 Å². The van der Waals surface area contributed by atoms with E-state index >= 15 is 0 Å². The third-order valence-electron chi connectivity index (χ3n) is 5.07. The second-order valence-electron chi connectivity index (χ2n) is 6.92. The average molecular weight is 369 g/mol. The lowest BCUT2D eigenvalue weighted by molar-refractivity contribution is -0.131. The fourth-order valence-electron chi connectivity index (χ4n) is 3.42. The molecule has 1 fully saturated rings. The molecule has 6 nitrogen and oxygen atoms in total. The smallest absolute Gasteiger partial charge is 0.257 e. The Kier molecular flexibility index (Phi) is 5.84. The average Bonchev–Trinajstić information content (AvgIpc) is 3.11. The fourth-order valence-corrected chi connectivity index (χ4v) is 3.42. The zero-order valence-corrected chi connectivity index (χ0v) is 16.3. The van der Waals surface area contributed by atoms with Gasteiger partial charge >= 0.3 is 0 Å². The summed E-state index contributed by atoms with van der Waals surface area (Å²) in [5.41, 5.74) is 2.72. The number of amides is 2. The molecule has 1 saturated heterocycles. The number of ether oxygens (including phenoxy) is 1. The van der Waals surface area contributed by atoms with Crippen LogP contribution in [0.5, 0.6) is 5.75 Å². The highest BCUT2D eigenvalue weighted by molar-refractivity contribution is 5.97. The van der Waals surface area contributed by atoms with Gasteiger partial charge in [-0.25, -0.2) is 0 Å². The maximum Gasteiger partial charge on any atom is 0.257 e. The molecule has 6 heteroatoms. The van der Waals surface area contributed by atoms with Crippen LogP contribution in [0.1, 0.15) is 28.4 Å². The number of nitrogens with zero attached hydrogens (tertiary/aromatic N) is 3. The van der Waals surface area contributed by atoms with Crippen LogP contribution in [0.4, 0.5) is 0 Å². The Hall–Kier alpha value is -2.76. The SMILES string of the molecule is CCc1ccc(OC)c(C(=O)N2CCN(C(=O)Cc3ccn(C)c3)CC2)c1. The maximum atomic E-state index is 13.0. The normalized spacial score (nSPS) is 14.3. The van der Waals surface area contributed by atoms with Gasteiger partial charge < -0.3 is 19.1 Å². The summed E-state index contributed by atoms with van der Waals surface area (Å²) in [6, 6.07) is 7.71. The van der Waals surface area contributed by atoms with Gasteiger partial charge in [-0.05, 0) is 35.7 Å². The second-order valence-corrected chi connectivity index (χ2v) is 6.92. The summed E-state index contributed by atoms with van der Waals surface area (Å²) in [5, 5.41) is 0. The fraction of sp³-hybridized carbons (Fsp3) is 0.429. The van der Waals surface area contributed by atoms with Crippen molar-refractivity contribution in [3.8, 4) is 5.75 Å². The molecule has 144 valence electrons. The lowest BCUT2D eigenvalue weighted by atomic mass is 10.1. The molecule has 0 saturated carbocycles. The molecule has 1 aliphatic heterocycles. The quantitative estimate of drug-likeness (QED) is 0.811. The number of benzene rings is 1. The Morgan fingerprint density at radius 1 is 1.04 bits per heavy atom. The van der Waals surface area contributed by atoms with Crippen molar-refractivity contribution in [3.63, 3.8) is 0 Å². The van der Waals surface area contributed by atoms with Gasteiger partial charge in [0.15, 0.2) is 0 Å². The predicted octanol–water partition coefficient (Wildman–Crippen LogP) is 2.12. The van der Waals surface area contributed by atoms with Crippen LogP contribution in [-0.2, 0) is 24.7 Å². The summed E-state index contributed by atoms with van der Waals surface area (Å²) in [6.45, 7) is 4.27. The number of aryl methyl sites for hydroxylation is 2. The van der Waals surface area contributed by atoms with Crippen molar-refractivity contribution >= 4 is 11.8 Å². The number of hydrogen-bond acceptors (Lipinski definition) is 3. The van der Waals surface area contributed by atoms with E-state index in [-0.39, 0.29) is 11.8 Å². The summed E-state index contributed by atoms with van der Waals surface area (Å²) in [6.07, 6.45) is 5.18. The van der Waals surface area contributed by atoms with E-state index in [4.69, 9.17) is 4.74 Å². The highest BCUT2D eigenvalue weighted by Crippen LogP contribution is 2.23. The van der Waals surface area contributed by atoms with Gasteiger partial charge in [-0.15, -0.1) is 0 Å². The van der Waals surface area contributed by atoms with Crippen molar-refractivity contribution in [2.24, 2.45) is 7.05 Å². The van der Waals surface area contributed by atoms with Crippen LogP contribution in [0.25, 0.3) is 0 Å². The molecule has 2 heterocycles. The number of carbonyl (C=O) groups excluding carboxylic acids is 2. The standard InChI is InChI=1S/C21H27N3O3/c1-4-16-5-6-19(27-3)18(13-16)21(26)24-11-9-23(10-12-24)20(25)14-17-7-8-22(2)15-17/h5-8,13,15H,4,9-12,14H2,1-3H3. The van der Waals surface area contributed by atoms with Crippen molar-refractivity contribution in [2.45, 2.75) is 19.8 Å². The molecule has 3 rings (SSSR count). The monoisotopic (exact) mass is 369 g/mol. The van der Waals surface area contributed by atoms with Crippen LogP contribution < -0.4 is 4.74 Å². The molecule has 2 aromatic rings. The summed E-state index contributed by atoms with van der Waals surface area (Å²) in [5.74, 6) is 0.677. The Morgan fingerprint density at radius 2 is 1.74 bits per heavy atom. The molecule has 0 N–H and O–H groups in total. The summed E-state index contributed by atoms with van der Waals surface area (Å²) >= 11 is 0. The Morgan fingerprint density at radius 3 is 2.33 bits per heavy atom. The lowest BCUT2D eigenvalue weighted by Gasteiger charge is -2.35. The zero-order valence-electron chi connectivity index (χ0n) is 16.3. The first-order chi connectivity index (χ1) is 13.0. The Bertz CT molecular complexity index is 820. The first-order valence-electron chi connectivity index (χ1n) is 9.36. The van der Waals surface area contributed by atoms with E-state index < -0.39 is 0 Å². The number of hydrogen-bond donors (Lipinski definition) is 0. The van der Waals surface area contributed by atoms with Crippen LogP contribution in [0.3, 0.4) is 0 Å². The Balaban J connectivity index is 1.61. The highest BCUT2D eigenvalue weighted by atomic mass is 16.5. The van der Waals surface area contributed by atoms with E-state index in [0.29, 0.717) is 43.9 Å². The molecule has 0 unspecified atom stereocenters. The first-order valence-corrected chi connectivity index (χ1v) is 9.36. The van der Waals surface area contributed by atoms with Gasteiger partial charge in [0.25, 0.3) is 5.91 Å². The van der Waals surface area contributed by atoms with E-state index in [2.05, 4.69) is 6.92 Å². The Labute approximate surface area is 160 Å². The second kappa shape index (κ2) is 8.29. The van der Waals surface area contributed by atoms with Gasteiger partial charge in [0.1, 0.15) is 5.75 Å². The summed E-state index contributed by atoms with van der Waals surface area (Å²) < 4.78 is 7.31. The highest BCUT2D eigenvalue weighted by Gasteiger charge is 2.26. The molecule has 1 aromatic carbocycles. The summed E-state index contributed by atoms with van der Waals surface area (Å²) in [4.78, 5) is 29.1. The van der Waals surface area contributed by atoms with Crippen molar-refractivity contribution in [2.75, 3.05) is 33.3 Å². The van der Waals surface area contributed by atoms with Crippen LogP contribution in [-0.4, -0.2) is 59.5 Å². The first kappa shape index (κ1) is 19.0. The minimum atomic E-state index is -0.0303. The maximum absolute atomic E-state index is 13.0. The van der Waals surface area contributed by atoms with Crippen molar-refractivity contribution in [1.29, 1.82) is 0 Å². The van der Waals surface area contributed by atoms with Crippen LogP contribution in [0, 0.1) is 0 Å². The molecule has 0 radical (unpaired) electrons. The molecule has 2 amide bonds. The molecule has 1 aromatic heterocycles. The van der Waals surface area contributed by atoms with E-state index in [1.54, 1.807) is 7.11 Å². The lowest BCUT2D eigenvalue weighted by Crippen LogP contribution is -2.51. The van der Waals surface area contributed by atoms with Gasteiger partial charge in [0.2, 0.25) is 5.91 Å². The minimum absolute atomic E-state index is 0.0303. The number of piperazine rings is 1. The van der Waals surface area contributed by atoms with E-state index in [0.717, 1.165) is 17.5 Å². The van der Waals surface area contributed by atoms with Gasteiger partial charge in [-0.2, -0.15) is 0 Å². The number of aromatic nitrogens is 1. The van der Waals surface area contributed by atoms with Gasteiger partial charge in [-0.1, -0.05) is 13.0 Å². The molecular weight excluding hydrogens is 342 g/mol. The molecule has 0 bridgehead atoms.